The van der Waals surface area contributed by atoms with Crippen LogP contribution in [0.3, 0.4) is 0 Å². The Labute approximate surface area is 145 Å². The third kappa shape index (κ3) is 3.38. The molecule has 0 fully saturated rings. The zero-order valence-corrected chi connectivity index (χ0v) is 14.2. The molecule has 25 heavy (non-hydrogen) atoms. The van der Waals surface area contributed by atoms with Crippen LogP contribution >= 0.6 is 0 Å². The van der Waals surface area contributed by atoms with E-state index in [0.717, 1.165) is 29.7 Å². The van der Waals surface area contributed by atoms with Crippen molar-refractivity contribution in [1.29, 1.82) is 0 Å². The molecule has 3 rings (SSSR count). The molecule has 0 unspecified atom stereocenters. The number of imidazole rings is 1. The zero-order valence-electron chi connectivity index (χ0n) is 14.2. The SMILES string of the molecule is CCCc1nc2cc(C)ccn2c1C(=O)Nc1ccc(C(N)=O)cc1. The summed E-state index contributed by atoms with van der Waals surface area (Å²) in [4.78, 5) is 28.6. The molecule has 3 N–H and O–H groups in total. The van der Waals surface area contributed by atoms with Gasteiger partial charge in [-0.05, 0) is 55.3 Å². The molecule has 0 spiro atoms. The molecular weight excluding hydrogens is 316 g/mol. The van der Waals surface area contributed by atoms with Gasteiger partial charge in [0.15, 0.2) is 0 Å². The van der Waals surface area contributed by atoms with Crippen LogP contribution in [0.4, 0.5) is 5.69 Å². The van der Waals surface area contributed by atoms with E-state index in [0.29, 0.717) is 16.9 Å². The van der Waals surface area contributed by atoms with E-state index in [9.17, 15) is 9.59 Å². The van der Waals surface area contributed by atoms with E-state index in [1.54, 1.807) is 24.3 Å². The van der Waals surface area contributed by atoms with Gasteiger partial charge in [0.05, 0.1) is 5.69 Å². The molecule has 6 heteroatoms. The molecule has 6 nitrogen and oxygen atoms in total. The number of nitrogens with one attached hydrogen (secondary N) is 1. The molecule has 3 aromatic rings. The number of carbonyl (C=O) groups excluding carboxylic acids is 2. The molecule has 2 heterocycles. The summed E-state index contributed by atoms with van der Waals surface area (Å²) in [5.41, 5.74) is 9.40. The van der Waals surface area contributed by atoms with Crippen LogP contribution in [-0.4, -0.2) is 21.2 Å². The molecule has 0 saturated carbocycles. The predicted octanol–water partition coefficient (Wildman–Crippen LogP) is 2.95. The van der Waals surface area contributed by atoms with Crippen molar-refractivity contribution in [1.82, 2.24) is 9.38 Å². The van der Waals surface area contributed by atoms with Crippen LogP contribution in [0.1, 0.15) is 45.4 Å². The molecule has 1 aromatic carbocycles. The number of hydrogen-bond donors (Lipinski definition) is 2. The monoisotopic (exact) mass is 336 g/mol. The van der Waals surface area contributed by atoms with Crippen LogP contribution < -0.4 is 11.1 Å². The fraction of sp³-hybridized carbons (Fsp3) is 0.211. The van der Waals surface area contributed by atoms with Crippen molar-refractivity contribution in [3.63, 3.8) is 0 Å². The number of carbonyl (C=O) groups is 2. The lowest BCUT2D eigenvalue weighted by atomic mass is 10.2. The number of benzene rings is 1. The van der Waals surface area contributed by atoms with Gasteiger partial charge in [-0.1, -0.05) is 13.3 Å². The number of nitrogens with zero attached hydrogens (tertiary/aromatic N) is 2. The summed E-state index contributed by atoms with van der Waals surface area (Å²) in [5.74, 6) is -0.730. The van der Waals surface area contributed by atoms with Gasteiger partial charge in [-0.2, -0.15) is 0 Å². The smallest absolute Gasteiger partial charge is 0.274 e. The Morgan fingerprint density at radius 3 is 2.56 bits per heavy atom. The highest BCUT2D eigenvalue weighted by molar-refractivity contribution is 6.04. The molecule has 128 valence electrons. The highest BCUT2D eigenvalue weighted by atomic mass is 16.2. The lowest BCUT2D eigenvalue weighted by Gasteiger charge is -2.07. The molecule has 0 aliphatic heterocycles. The molecule has 2 aromatic heterocycles. The molecule has 0 radical (unpaired) electrons. The van der Waals surface area contributed by atoms with Gasteiger partial charge in [-0.15, -0.1) is 0 Å². The van der Waals surface area contributed by atoms with Crippen molar-refractivity contribution >= 4 is 23.1 Å². The van der Waals surface area contributed by atoms with Crippen molar-refractivity contribution < 1.29 is 9.59 Å². The zero-order chi connectivity index (χ0) is 18.0. The normalized spacial score (nSPS) is 10.8. The van der Waals surface area contributed by atoms with E-state index in [1.165, 1.54) is 0 Å². The number of pyridine rings is 1. The van der Waals surface area contributed by atoms with E-state index in [-0.39, 0.29) is 5.91 Å². The average molecular weight is 336 g/mol. The summed E-state index contributed by atoms with van der Waals surface area (Å²) in [6.45, 7) is 4.05. The Balaban J connectivity index is 1.95. The predicted molar refractivity (Wildman–Crippen MR) is 96.8 cm³/mol. The first-order chi connectivity index (χ1) is 12.0. The number of anilines is 1. The third-order valence-corrected chi connectivity index (χ3v) is 3.98. The Bertz CT molecular complexity index is 942. The maximum atomic E-state index is 12.8. The number of aromatic nitrogens is 2. The van der Waals surface area contributed by atoms with Crippen molar-refractivity contribution in [3.8, 4) is 0 Å². The molecular formula is C19H20N4O2. The lowest BCUT2D eigenvalue weighted by molar-refractivity contribution is 0.0997. The van der Waals surface area contributed by atoms with E-state index < -0.39 is 5.91 Å². The number of nitrogens with two attached hydrogens (primary N) is 1. The van der Waals surface area contributed by atoms with E-state index in [1.807, 2.05) is 29.7 Å². The standard InChI is InChI=1S/C19H20N4O2/c1-3-4-15-17(23-10-9-12(2)11-16(23)22-15)19(25)21-14-7-5-13(6-8-14)18(20)24/h5-11H,3-4H2,1-2H3,(H2,20,24)(H,21,25). The number of rotatable bonds is 5. The third-order valence-electron chi connectivity index (χ3n) is 3.98. The fourth-order valence-corrected chi connectivity index (χ4v) is 2.75. The minimum absolute atomic E-state index is 0.230. The number of amides is 2. The van der Waals surface area contributed by atoms with Gasteiger partial charge in [0.25, 0.3) is 5.91 Å². The van der Waals surface area contributed by atoms with Crippen molar-refractivity contribution in [2.24, 2.45) is 5.73 Å². The van der Waals surface area contributed by atoms with E-state index in [2.05, 4.69) is 17.2 Å². The second-order valence-electron chi connectivity index (χ2n) is 5.99. The van der Waals surface area contributed by atoms with Crippen molar-refractivity contribution in [2.45, 2.75) is 26.7 Å². The molecule has 0 atom stereocenters. The van der Waals surface area contributed by atoms with Crippen LogP contribution in [0, 0.1) is 6.92 Å². The molecule has 2 amide bonds. The highest BCUT2D eigenvalue weighted by Gasteiger charge is 2.19. The Morgan fingerprint density at radius 1 is 1.20 bits per heavy atom. The summed E-state index contributed by atoms with van der Waals surface area (Å²) in [6, 6.07) is 10.4. The topological polar surface area (TPSA) is 89.5 Å². The van der Waals surface area contributed by atoms with E-state index >= 15 is 0 Å². The first-order valence-corrected chi connectivity index (χ1v) is 8.18. The fourth-order valence-electron chi connectivity index (χ4n) is 2.75. The second-order valence-corrected chi connectivity index (χ2v) is 5.99. The van der Waals surface area contributed by atoms with Crippen molar-refractivity contribution in [3.05, 3.63) is 65.1 Å². The molecule has 0 aliphatic rings. The number of primary amides is 1. The van der Waals surface area contributed by atoms with Crippen LogP contribution in [0.2, 0.25) is 0 Å². The van der Waals surface area contributed by atoms with Gasteiger partial charge in [-0.3, -0.25) is 14.0 Å². The lowest BCUT2D eigenvalue weighted by Crippen LogP contribution is -2.17. The van der Waals surface area contributed by atoms with Gasteiger partial charge in [0, 0.05) is 17.4 Å². The highest BCUT2D eigenvalue weighted by Crippen LogP contribution is 2.18. The first kappa shape index (κ1) is 16.7. The van der Waals surface area contributed by atoms with E-state index in [4.69, 9.17) is 5.73 Å². The Kier molecular flexibility index (Phi) is 4.52. The maximum Gasteiger partial charge on any atom is 0.274 e. The maximum absolute atomic E-state index is 12.8. The van der Waals surface area contributed by atoms with Gasteiger partial charge in [0.2, 0.25) is 5.91 Å². The number of fused-ring (bicyclic) bond motifs is 1. The minimum atomic E-state index is -0.500. The summed E-state index contributed by atoms with van der Waals surface area (Å²) in [6.07, 6.45) is 3.49. The molecule has 0 bridgehead atoms. The van der Waals surface area contributed by atoms with Crippen LogP contribution in [-0.2, 0) is 6.42 Å². The number of aryl methyl sites for hydroxylation is 2. The first-order valence-electron chi connectivity index (χ1n) is 8.18. The largest absolute Gasteiger partial charge is 0.366 e. The van der Waals surface area contributed by atoms with Crippen LogP contribution in [0.15, 0.2) is 42.6 Å². The quantitative estimate of drug-likeness (QED) is 0.750. The number of hydrogen-bond acceptors (Lipinski definition) is 3. The van der Waals surface area contributed by atoms with Gasteiger partial charge < -0.3 is 11.1 Å². The average Bonchev–Trinajstić information content (AvgIpc) is 2.92. The summed E-state index contributed by atoms with van der Waals surface area (Å²) < 4.78 is 1.81. The minimum Gasteiger partial charge on any atom is -0.366 e. The van der Waals surface area contributed by atoms with Crippen molar-refractivity contribution in [2.75, 3.05) is 5.32 Å². The molecule has 0 saturated heterocycles. The van der Waals surface area contributed by atoms with Crippen LogP contribution in [0.5, 0.6) is 0 Å². The van der Waals surface area contributed by atoms with Gasteiger partial charge in [0.1, 0.15) is 11.3 Å². The second kappa shape index (κ2) is 6.76. The molecule has 0 aliphatic carbocycles. The van der Waals surface area contributed by atoms with Crippen LogP contribution in [0.25, 0.3) is 5.65 Å². The summed E-state index contributed by atoms with van der Waals surface area (Å²) in [7, 11) is 0. The summed E-state index contributed by atoms with van der Waals surface area (Å²) in [5, 5.41) is 2.86. The summed E-state index contributed by atoms with van der Waals surface area (Å²) >= 11 is 0. The Hall–Kier alpha value is -3.15. The van der Waals surface area contributed by atoms with Gasteiger partial charge >= 0.3 is 0 Å². The van der Waals surface area contributed by atoms with Gasteiger partial charge in [-0.25, -0.2) is 4.98 Å². The Morgan fingerprint density at radius 2 is 1.92 bits per heavy atom.